The van der Waals surface area contributed by atoms with Gasteiger partial charge in [-0.25, -0.2) is 0 Å². The molecule has 1 heteroatoms. The zero-order valence-corrected chi connectivity index (χ0v) is 26.9. The molecule has 0 aliphatic heterocycles. The van der Waals surface area contributed by atoms with E-state index in [1.54, 1.807) is 0 Å². The fourth-order valence-electron chi connectivity index (χ4n) is 5.31. The highest BCUT2D eigenvalue weighted by atomic mass is 14.5. The van der Waals surface area contributed by atoms with Crippen LogP contribution in [0.25, 0.3) is 0 Å². The molecule has 0 saturated carbocycles. The highest BCUT2D eigenvalue weighted by molar-refractivity contribution is 4.51. The van der Waals surface area contributed by atoms with E-state index < -0.39 is 0 Å². The lowest BCUT2D eigenvalue weighted by molar-refractivity contribution is 0.530. The molecule has 0 spiro atoms. The molecule has 226 valence electrons. The van der Waals surface area contributed by atoms with Crippen LogP contribution in [0.1, 0.15) is 226 Å². The van der Waals surface area contributed by atoms with Crippen LogP contribution in [-0.4, -0.2) is 6.54 Å². The van der Waals surface area contributed by atoms with Gasteiger partial charge in [0.15, 0.2) is 0 Å². The van der Waals surface area contributed by atoms with Crippen molar-refractivity contribution < 1.29 is 0 Å². The summed E-state index contributed by atoms with van der Waals surface area (Å²) in [4.78, 5) is 0. The van der Waals surface area contributed by atoms with Gasteiger partial charge in [0, 0.05) is 0 Å². The van der Waals surface area contributed by atoms with Gasteiger partial charge >= 0.3 is 0 Å². The number of unbranched alkanes of at least 4 members (excludes halogenated alkanes) is 30. The van der Waals surface area contributed by atoms with E-state index in [1.165, 1.54) is 205 Å². The first-order chi connectivity index (χ1) is 18.3. The van der Waals surface area contributed by atoms with E-state index in [1.807, 2.05) is 0 Å². The lowest BCUT2D eigenvalue weighted by atomic mass is 10.0. The molecule has 0 fully saturated rings. The van der Waals surface area contributed by atoms with Crippen molar-refractivity contribution in [1.82, 2.24) is 0 Å². The predicted molar refractivity (Wildman–Crippen MR) is 174 cm³/mol. The van der Waals surface area contributed by atoms with Crippen molar-refractivity contribution in [2.24, 2.45) is 5.73 Å². The minimum atomic E-state index is 0.873. The molecule has 0 radical (unpaired) electrons. The molecule has 0 bridgehead atoms. The summed E-state index contributed by atoms with van der Waals surface area (Å²) in [5.74, 6) is 0. The zero-order valence-electron chi connectivity index (χ0n) is 26.9. The molecule has 0 amide bonds. The molecule has 2 N–H and O–H groups in total. The minimum Gasteiger partial charge on any atom is -0.330 e. The van der Waals surface area contributed by atoms with Crippen molar-refractivity contribution in [3.63, 3.8) is 0 Å². The van der Waals surface area contributed by atoms with Gasteiger partial charge in [0.1, 0.15) is 0 Å². The summed E-state index contributed by atoms with van der Waals surface area (Å²) in [5, 5.41) is 0. The van der Waals surface area contributed by atoms with Gasteiger partial charge in [-0.3, -0.25) is 0 Å². The predicted octanol–water partition coefficient (Wildman–Crippen LogP) is 13.5. The highest BCUT2D eigenvalue weighted by Crippen LogP contribution is 2.15. The molecular formula is C36H77N. The van der Waals surface area contributed by atoms with Crippen LogP contribution in [0.3, 0.4) is 0 Å². The lowest BCUT2D eigenvalue weighted by Crippen LogP contribution is -1.97. The first-order valence-corrected chi connectivity index (χ1v) is 18.0. The summed E-state index contributed by atoms with van der Waals surface area (Å²) in [7, 11) is 0. The molecule has 0 aliphatic rings. The minimum absolute atomic E-state index is 0.873. The molecule has 0 aromatic rings. The van der Waals surface area contributed by atoms with E-state index in [-0.39, 0.29) is 0 Å². The fourth-order valence-corrected chi connectivity index (χ4v) is 5.31. The van der Waals surface area contributed by atoms with Gasteiger partial charge in [-0.2, -0.15) is 0 Å². The molecule has 0 heterocycles. The van der Waals surface area contributed by atoms with E-state index in [4.69, 9.17) is 5.73 Å². The van der Waals surface area contributed by atoms with Crippen LogP contribution < -0.4 is 5.73 Å². The SMILES string of the molecule is CCCCCCCCCCCCCCCCCC.CCCCCCCCCCCCCCCCCCN. The molecular weight excluding hydrogens is 446 g/mol. The van der Waals surface area contributed by atoms with Crippen molar-refractivity contribution in [1.29, 1.82) is 0 Å². The maximum absolute atomic E-state index is 5.48. The molecule has 0 atom stereocenters. The average Bonchev–Trinajstić information content (AvgIpc) is 2.91. The zero-order chi connectivity index (χ0) is 27.3. The Morgan fingerprint density at radius 2 is 0.351 bits per heavy atom. The van der Waals surface area contributed by atoms with E-state index in [9.17, 15) is 0 Å². The Hall–Kier alpha value is -0.0400. The smallest absolute Gasteiger partial charge is 0.00773 e. The molecule has 0 saturated heterocycles. The third-order valence-electron chi connectivity index (χ3n) is 8.01. The van der Waals surface area contributed by atoms with Crippen molar-refractivity contribution in [2.45, 2.75) is 226 Å². The molecule has 37 heavy (non-hydrogen) atoms. The van der Waals surface area contributed by atoms with E-state index in [2.05, 4.69) is 20.8 Å². The number of nitrogens with two attached hydrogens (primary N) is 1. The molecule has 0 aromatic heterocycles. The van der Waals surface area contributed by atoms with Crippen LogP contribution in [0.4, 0.5) is 0 Å². The number of hydrogen-bond donors (Lipinski definition) is 1. The average molecular weight is 524 g/mol. The maximum Gasteiger partial charge on any atom is -0.00773 e. The second kappa shape index (κ2) is 40.5. The maximum atomic E-state index is 5.48. The van der Waals surface area contributed by atoms with Crippen molar-refractivity contribution in [2.75, 3.05) is 6.54 Å². The lowest BCUT2D eigenvalue weighted by Gasteiger charge is -2.03. The fraction of sp³-hybridized carbons (Fsp3) is 1.00. The van der Waals surface area contributed by atoms with Gasteiger partial charge in [-0.1, -0.05) is 220 Å². The summed E-state index contributed by atoms with van der Waals surface area (Å²) in [5.41, 5.74) is 5.48. The quantitative estimate of drug-likeness (QED) is 0.0898. The molecule has 0 rings (SSSR count). The van der Waals surface area contributed by atoms with Gasteiger partial charge in [-0.05, 0) is 13.0 Å². The monoisotopic (exact) mass is 524 g/mol. The normalized spacial score (nSPS) is 11.0. The summed E-state index contributed by atoms with van der Waals surface area (Å²) in [6.45, 7) is 7.75. The van der Waals surface area contributed by atoms with Crippen molar-refractivity contribution in [3.05, 3.63) is 0 Å². The first-order valence-electron chi connectivity index (χ1n) is 18.0. The third kappa shape index (κ3) is 43.3. The summed E-state index contributed by atoms with van der Waals surface area (Å²) in [6.07, 6.45) is 46.3. The summed E-state index contributed by atoms with van der Waals surface area (Å²) < 4.78 is 0. The van der Waals surface area contributed by atoms with Crippen LogP contribution in [0.5, 0.6) is 0 Å². The number of hydrogen-bond acceptors (Lipinski definition) is 1. The highest BCUT2D eigenvalue weighted by Gasteiger charge is 1.95. The van der Waals surface area contributed by atoms with Gasteiger partial charge in [-0.15, -0.1) is 0 Å². The van der Waals surface area contributed by atoms with Gasteiger partial charge < -0.3 is 5.73 Å². The molecule has 1 nitrogen and oxygen atoms in total. The Labute approximate surface area is 238 Å². The van der Waals surface area contributed by atoms with Crippen LogP contribution in [0, 0.1) is 0 Å². The van der Waals surface area contributed by atoms with E-state index >= 15 is 0 Å². The topological polar surface area (TPSA) is 26.0 Å². The third-order valence-corrected chi connectivity index (χ3v) is 8.01. The van der Waals surface area contributed by atoms with E-state index in [0.717, 1.165) is 6.54 Å². The largest absolute Gasteiger partial charge is 0.330 e. The Morgan fingerprint density at radius 1 is 0.216 bits per heavy atom. The van der Waals surface area contributed by atoms with Crippen molar-refractivity contribution >= 4 is 0 Å². The van der Waals surface area contributed by atoms with Crippen LogP contribution in [0.2, 0.25) is 0 Å². The van der Waals surface area contributed by atoms with Gasteiger partial charge in [0.05, 0.1) is 0 Å². The molecule has 0 aromatic carbocycles. The van der Waals surface area contributed by atoms with Crippen LogP contribution in [0.15, 0.2) is 0 Å². The first kappa shape index (κ1) is 39.1. The Bertz CT molecular complexity index is 308. The van der Waals surface area contributed by atoms with Gasteiger partial charge in [0.2, 0.25) is 0 Å². The second-order valence-electron chi connectivity index (χ2n) is 12.0. The Morgan fingerprint density at radius 3 is 0.486 bits per heavy atom. The van der Waals surface area contributed by atoms with Crippen LogP contribution >= 0.6 is 0 Å². The van der Waals surface area contributed by atoms with Crippen LogP contribution in [-0.2, 0) is 0 Å². The van der Waals surface area contributed by atoms with Crippen molar-refractivity contribution in [3.8, 4) is 0 Å². The Kier molecular flexibility index (Phi) is 42.8. The number of rotatable bonds is 31. The standard InChI is InChI=1S/C18H39N.C18H38/c1-2-3-4-5-6-7-8-9-10-11-12-13-14-15-16-17-18-19;1-3-5-7-9-11-13-15-17-18-16-14-12-10-8-6-4-2/h2-19H2,1H3;3-18H2,1-2H3. The molecule has 0 aliphatic carbocycles. The van der Waals surface area contributed by atoms with E-state index in [0.29, 0.717) is 0 Å². The summed E-state index contributed by atoms with van der Waals surface area (Å²) in [6, 6.07) is 0. The second-order valence-corrected chi connectivity index (χ2v) is 12.0. The van der Waals surface area contributed by atoms with Gasteiger partial charge in [0.25, 0.3) is 0 Å². The summed E-state index contributed by atoms with van der Waals surface area (Å²) >= 11 is 0. The molecule has 0 unspecified atom stereocenters. The Balaban J connectivity index is 0.